The summed E-state index contributed by atoms with van der Waals surface area (Å²) >= 11 is 0. The Morgan fingerprint density at radius 2 is 1.84 bits per heavy atom. The smallest absolute Gasteiger partial charge is 0.338 e. The predicted octanol–water partition coefficient (Wildman–Crippen LogP) is 3.20. The van der Waals surface area contributed by atoms with Gasteiger partial charge in [-0.05, 0) is 41.5 Å². The summed E-state index contributed by atoms with van der Waals surface area (Å²) in [5.74, 6) is -2.89. The molecule has 94 valence electrons. The second kappa shape index (κ2) is 4.86. The van der Waals surface area contributed by atoms with Crippen LogP contribution in [-0.2, 0) is 0 Å². The van der Waals surface area contributed by atoms with E-state index in [2.05, 4.69) is 0 Å². The highest BCUT2D eigenvalue weighted by Crippen LogP contribution is 2.24. The van der Waals surface area contributed by atoms with Crippen LogP contribution in [0.2, 0.25) is 0 Å². The van der Waals surface area contributed by atoms with Crippen LogP contribution < -0.4 is 0 Å². The molecule has 0 radical (unpaired) electrons. The second-order valence-corrected chi connectivity index (χ2v) is 3.84. The van der Waals surface area contributed by atoms with Crippen molar-refractivity contribution in [2.75, 3.05) is 0 Å². The Kier molecular flexibility index (Phi) is 3.25. The van der Waals surface area contributed by atoms with Gasteiger partial charge in [-0.3, -0.25) is 0 Å². The monoisotopic (exact) mass is 259 g/mol. The summed E-state index contributed by atoms with van der Waals surface area (Å²) in [6.45, 7) is 0. The van der Waals surface area contributed by atoms with E-state index in [-0.39, 0.29) is 5.56 Å². The maximum Gasteiger partial charge on any atom is 0.338 e. The van der Waals surface area contributed by atoms with E-state index in [1.165, 1.54) is 12.1 Å². The summed E-state index contributed by atoms with van der Waals surface area (Å²) in [5.41, 5.74) is 0.255. The highest BCUT2D eigenvalue weighted by Gasteiger charge is 2.12. The van der Waals surface area contributed by atoms with E-state index in [9.17, 15) is 13.6 Å². The fraction of sp³-hybridized carbons (Fsp3) is 0. The van der Waals surface area contributed by atoms with E-state index < -0.39 is 23.2 Å². The van der Waals surface area contributed by atoms with Crippen molar-refractivity contribution in [3.63, 3.8) is 0 Å². The standard InChI is InChI=1S/C14H7F2NO2/c15-11-4-8(7-17)3-10(5-11)9-1-2-13(16)12(6-9)14(18)19/h1-6H,(H,18,19). The van der Waals surface area contributed by atoms with Gasteiger partial charge in [-0.25, -0.2) is 13.6 Å². The van der Waals surface area contributed by atoms with Crippen molar-refractivity contribution in [1.29, 1.82) is 5.26 Å². The van der Waals surface area contributed by atoms with Crippen LogP contribution in [0.5, 0.6) is 0 Å². The van der Waals surface area contributed by atoms with Crippen molar-refractivity contribution < 1.29 is 18.7 Å². The molecular formula is C14H7F2NO2. The van der Waals surface area contributed by atoms with Crippen LogP contribution in [0.1, 0.15) is 15.9 Å². The Labute approximate surface area is 107 Å². The third-order valence-electron chi connectivity index (χ3n) is 2.56. The van der Waals surface area contributed by atoms with E-state index in [0.29, 0.717) is 11.1 Å². The summed E-state index contributed by atoms with van der Waals surface area (Å²) in [5, 5.41) is 17.6. The van der Waals surface area contributed by atoms with Gasteiger partial charge in [-0.2, -0.15) is 5.26 Å². The Bertz CT molecular complexity index is 705. The van der Waals surface area contributed by atoms with Gasteiger partial charge in [-0.1, -0.05) is 6.07 Å². The first kappa shape index (κ1) is 12.7. The fourth-order valence-corrected chi connectivity index (χ4v) is 1.69. The van der Waals surface area contributed by atoms with E-state index in [4.69, 9.17) is 10.4 Å². The second-order valence-electron chi connectivity index (χ2n) is 3.84. The lowest BCUT2D eigenvalue weighted by Gasteiger charge is -2.05. The molecule has 0 atom stereocenters. The van der Waals surface area contributed by atoms with Crippen LogP contribution in [0.25, 0.3) is 11.1 Å². The van der Waals surface area contributed by atoms with Crippen LogP contribution in [0, 0.1) is 23.0 Å². The first-order chi connectivity index (χ1) is 9.01. The first-order valence-corrected chi connectivity index (χ1v) is 5.25. The minimum atomic E-state index is -1.41. The molecular weight excluding hydrogens is 252 g/mol. The summed E-state index contributed by atoms with van der Waals surface area (Å²) in [6.07, 6.45) is 0. The van der Waals surface area contributed by atoms with E-state index in [1.807, 2.05) is 0 Å². The van der Waals surface area contributed by atoms with Crippen LogP contribution >= 0.6 is 0 Å². The lowest BCUT2D eigenvalue weighted by molar-refractivity contribution is 0.0692. The first-order valence-electron chi connectivity index (χ1n) is 5.25. The predicted molar refractivity (Wildman–Crippen MR) is 63.5 cm³/mol. The van der Waals surface area contributed by atoms with Gasteiger partial charge in [-0.15, -0.1) is 0 Å². The van der Waals surface area contributed by atoms with Gasteiger partial charge in [0.25, 0.3) is 0 Å². The Hall–Kier alpha value is -2.74. The largest absolute Gasteiger partial charge is 0.478 e. The molecule has 5 heteroatoms. The maximum absolute atomic E-state index is 13.3. The Balaban J connectivity index is 2.60. The minimum Gasteiger partial charge on any atom is -0.478 e. The van der Waals surface area contributed by atoms with Gasteiger partial charge in [0, 0.05) is 0 Å². The van der Waals surface area contributed by atoms with Crippen molar-refractivity contribution in [3.8, 4) is 17.2 Å². The van der Waals surface area contributed by atoms with Crippen molar-refractivity contribution in [2.24, 2.45) is 0 Å². The average molecular weight is 259 g/mol. The van der Waals surface area contributed by atoms with Gasteiger partial charge < -0.3 is 5.11 Å². The molecule has 0 aromatic heterocycles. The van der Waals surface area contributed by atoms with Crippen molar-refractivity contribution >= 4 is 5.97 Å². The van der Waals surface area contributed by atoms with E-state index in [1.54, 1.807) is 6.07 Å². The van der Waals surface area contributed by atoms with Crippen LogP contribution in [0.4, 0.5) is 8.78 Å². The molecule has 0 saturated heterocycles. The molecule has 0 aliphatic rings. The number of hydrogen-bond donors (Lipinski definition) is 1. The summed E-state index contributed by atoms with van der Waals surface area (Å²) in [4.78, 5) is 10.8. The lowest BCUT2D eigenvalue weighted by Crippen LogP contribution is -2.00. The molecule has 2 aromatic rings. The highest BCUT2D eigenvalue weighted by atomic mass is 19.1. The number of halogens is 2. The molecule has 0 unspecified atom stereocenters. The molecule has 0 bridgehead atoms. The van der Waals surface area contributed by atoms with Gasteiger partial charge in [0.2, 0.25) is 0 Å². The van der Waals surface area contributed by atoms with Crippen molar-refractivity contribution in [3.05, 3.63) is 59.2 Å². The maximum atomic E-state index is 13.3. The average Bonchev–Trinajstić information content (AvgIpc) is 2.38. The number of hydrogen-bond acceptors (Lipinski definition) is 2. The zero-order valence-corrected chi connectivity index (χ0v) is 9.52. The molecule has 0 spiro atoms. The van der Waals surface area contributed by atoms with Crippen LogP contribution in [-0.4, -0.2) is 11.1 Å². The van der Waals surface area contributed by atoms with E-state index >= 15 is 0 Å². The normalized spacial score (nSPS) is 9.95. The zero-order valence-electron chi connectivity index (χ0n) is 9.52. The van der Waals surface area contributed by atoms with Gasteiger partial charge >= 0.3 is 5.97 Å². The fourth-order valence-electron chi connectivity index (χ4n) is 1.69. The van der Waals surface area contributed by atoms with Gasteiger partial charge in [0.15, 0.2) is 0 Å². The molecule has 0 aliphatic heterocycles. The number of carboxylic acid groups (broad SMARTS) is 1. The summed E-state index contributed by atoms with van der Waals surface area (Å²) in [7, 11) is 0. The number of carbonyl (C=O) groups is 1. The van der Waals surface area contributed by atoms with Gasteiger partial charge in [0.1, 0.15) is 11.6 Å². The molecule has 0 fully saturated rings. The SMILES string of the molecule is N#Cc1cc(F)cc(-c2ccc(F)c(C(=O)O)c2)c1. The molecule has 19 heavy (non-hydrogen) atoms. The highest BCUT2D eigenvalue weighted by molar-refractivity contribution is 5.89. The number of rotatable bonds is 2. The lowest BCUT2D eigenvalue weighted by atomic mass is 10.0. The Morgan fingerprint density at radius 3 is 2.47 bits per heavy atom. The molecule has 0 saturated carbocycles. The zero-order chi connectivity index (χ0) is 14.0. The number of carboxylic acids is 1. The van der Waals surface area contributed by atoms with Gasteiger partial charge in [0.05, 0.1) is 17.2 Å². The third-order valence-corrected chi connectivity index (χ3v) is 2.56. The molecule has 3 nitrogen and oxygen atoms in total. The molecule has 2 rings (SSSR count). The van der Waals surface area contributed by atoms with E-state index in [0.717, 1.165) is 24.3 Å². The van der Waals surface area contributed by atoms with Crippen LogP contribution in [0.15, 0.2) is 36.4 Å². The molecule has 1 N–H and O–H groups in total. The summed E-state index contributed by atoms with van der Waals surface area (Å²) in [6, 6.07) is 8.85. The molecule has 0 heterocycles. The third kappa shape index (κ3) is 2.58. The Morgan fingerprint density at radius 1 is 1.11 bits per heavy atom. The number of nitrogens with zero attached hydrogens (tertiary/aromatic N) is 1. The van der Waals surface area contributed by atoms with Crippen molar-refractivity contribution in [1.82, 2.24) is 0 Å². The molecule has 2 aromatic carbocycles. The summed E-state index contributed by atoms with van der Waals surface area (Å²) < 4.78 is 26.6. The molecule has 0 aliphatic carbocycles. The van der Waals surface area contributed by atoms with Crippen molar-refractivity contribution in [2.45, 2.75) is 0 Å². The number of nitriles is 1. The topological polar surface area (TPSA) is 61.1 Å². The quantitative estimate of drug-likeness (QED) is 0.900. The number of aromatic carboxylic acids is 1. The molecule has 0 amide bonds. The van der Waals surface area contributed by atoms with Crippen LogP contribution in [0.3, 0.4) is 0 Å². The number of benzene rings is 2. The minimum absolute atomic E-state index is 0.108.